The van der Waals surface area contributed by atoms with Crippen LogP contribution >= 0.6 is 11.6 Å². The van der Waals surface area contributed by atoms with Crippen molar-refractivity contribution >= 4 is 40.2 Å². The molecule has 0 spiro atoms. The van der Waals surface area contributed by atoms with Gasteiger partial charge in [-0.25, -0.2) is 9.69 Å². The number of carbonyl (C=O) groups is 2. The van der Waals surface area contributed by atoms with E-state index in [4.69, 9.17) is 16.0 Å². The van der Waals surface area contributed by atoms with Gasteiger partial charge in [0, 0.05) is 23.5 Å². The number of rotatable bonds is 2. The van der Waals surface area contributed by atoms with Gasteiger partial charge in [0.15, 0.2) is 5.76 Å². The highest BCUT2D eigenvalue weighted by molar-refractivity contribution is 6.31. The van der Waals surface area contributed by atoms with Crippen LogP contribution in [0.25, 0.3) is 11.0 Å². The fraction of sp³-hybridized carbons (Fsp3) is 0.238. The molecular formula is C21H19ClN2O3. The smallest absolute Gasteiger partial charge is 0.331 e. The van der Waals surface area contributed by atoms with E-state index in [0.29, 0.717) is 29.4 Å². The van der Waals surface area contributed by atoms with Crippen LogP contribution in [-0.4, -0.2) is 29.9 Å². The fourth-order valence-electron chi connectivity index (χ4n) is 3.35. The zero-order valence-electron chi connectivity index (χ0n) is 14.7. The van der Waals surface area contributed by atoms with Gasteiger partial charge in [0.2, 0.25) is 0 Å². The lowest BCUT2D eigenvalue weighted by Crippen LogP contribution is -2.48. The third-order valence-corrected chi connectivity index (χ3v) is 4.96. The SMILES string of the molecule is O=C(c1cc2ccccc2o1)N(C(=O)N1CCCCC1)c1cccc(Cl)c1. The van der Waals surface area contributed by atoms with Crippen molar-refractivity contribution in [2.24, 2.45) is 0 Å². The summed E-state index contributed by atoms with van der Waals surface area (Å²) in [4.78, 5) is 29.3. The molecule has 1 aliphatic heterocycles. The maximum atomic E-state index is 13.3. The number of nitrogens with zero attached hydrogens (tertiary/aromatic N) is 2. The first-order chi connectivity index (χ1) is 13.1. The molecule has 1 saturated heterocycles. The van der Waals surface area contributed by atoms with Crippen molar-refractivity contribution in [3.63, 3.8) is 0 Å². The van der Waals surface area contributed by atoms with Crippen LogP contribution < -0.4 is 4.90 Å². The van der Waals surface area contributed by atoms with Gasteiger partial charge in [-0.15, -0.1) is 0 Å². The van der Waals surface area contributed by atoms with E-state index in [2.05, 4.69) is 0 Å². The van der Waals surface area contributed by atoms with E-state index >= 15 is 0 Å². The molecule has 1 aromatic heterocycles. The lowest BCUT2D eigenvalue weighted by Gasteiger charge is -2.31. The van der Waals surface area contributed by atoms with Gasteiger partial charge >= 0.3 is 11.9 Å². The summed E-state index contributed by atoms with van der Waals surface area (Å²) >= 11 is 6.11. The Morgan fingerprint density at radius 3 is 2.48 bits per heavy atom. The molecule has 0 bridgehead atoms. The van der Waals surface area contributed by atoms with Crippen LogP contribution in [0.3, 0.4) is 0 Å². The normalized spacial score (nSPS) is 14.3. The number of carbonyl (C=O) groups excluding carboxylic acids is 2. The minimum absolute atomic E-state index is 0.126. The third-order valence-electron chi connectivity index (χ3n) is 4.72. The molecule has 0 radical (unpaired) electrons. The number of likely N-dealkylation sites (tertiary alicyclic amines) is 1. The van der Waals surface area contributed by atoms with Crippen molar-refractivity contribution in [1.82, 2.24) is 4.90 Å². The molecular weight excluding hydrogens is 364 g/mol. The van der Waals surface area contributed by atoms with Gasteiger partial charge in [-0.2, -0.15) is 0 Å². The lowest BCUT2D eigenvalue weighted by molar-refractivity contribution is 0.0959. The molecule has 5 nitrogen and oxygen atoms in total. The molecule has 3 amide bonds. The molecule has 0 unspecified atom stereocenters. The second kappa shape index (κ2) is 7.45. The molecule has 2 heterocycles. The van der Waals surface area contributed by atoms with Crippen LogP contribution in [0, 0.1) is 0 Å². The molecule has 27 heavy (non-hydrogen) atoms. The van der Waals surface area contributed by atoms with Crippen LogP contribution in [0.5, 0.6) is 0 Å². The number of amides is 3. The van der Waals surface area contributed by atoms with Crippen molar-refractivity contribution in [3.8, 4) is 0 Å². The summed E-state index contributed by atoms with van der Waals surface area (Å²) in [6, 6.07) is 15.4. The number of hydrogen-bond acceptors (Lipinski definition) is 3. The first-order valence-electron chi connectivity index (χ1n) is 9.01. The van der Waals surface area contributed by atoms with E-state index in [1.54, 1.807) is 41.3 Å². The molecule has 0 N–H and O–H groups in total. The molecule has 1 aliphatic rings. The van der Waals surface area contributed by atoms with Crippen molar-refractivity contribution in [2.75, 3.05) is 18.0 Å². The number of anilines is 1. The Morgan fingerprint density at radius 1 is 0.963 bits per heavy atom. The summed E-state index contributed by atoms with van der Waals surface area (Å²) in [7, 11) is 0. The van der Waals surface area contributed by atoms with Gasteiger partial charge in [-0.3, -0.25) is 4.79 Å². The van der Waals surface area contributed by atoms with Crippen LogP contribution in [0.2, 0.25) is 5.02 Å². The number of fused-ring (bicyclic) bond motifs is 1. The molecule has 0 saturated carbocycles. The molecule has 0 atom stereocenters. The molecule has 2 aromatic carbocycles. The standard InChI is InChI=1S/C21H19ClN2O3/c22-16-8-6-9-17(14-16)24(21(26)23-11-4-1-5-12-23)20(25)19-13-15-7-2-3-10-18(15)27-19/h2-3,6-10,13-14H,1,4-5,11-12H2. The maximum absolute atomic E-state index is 13.3. The largest absolute Gasteiger partial charge is 0.451 e. The van der Waals surface area contributed by atoms with Crippen LogP contribution in [0.15, 0.2) is 59.0 Å². The first kappa shape index (κ1) is 17.6. The van der Waals surface area contributed by atoms with Crippen LogP contribution in [0.1, 0.15) is 29.8 Å². The number of halogens is 1. The number of para-hydroxylation sites is 1. The van der Waals surface area contributed by atoms with E-state index in [9.17, 15) is 9.59 Å². The Bertz CT molecular complexity index is 959. The zero-order chi connectivity index (χ0) is 18.8. The van der Waals surface area contributed by atoms with Gasteiger partial charge in [0.25, 0.3) is 0 Å². The molecule has 4 rings (SSSR count). The second-order valence-corrected chi connectivity index (χ2v) is 7.04. The van der Waals surface area contributed by atoms with E-state index in [1.165, 1.54) is 0 Å². The van der Waals surface area contributed by atoms with Gasteiger partial charge in [0.05, 0.1) is 5.69 Å². The summed E-state index contributed by atoms with van der Waals surface area (Å²) in [6.45, 7) is 1.28. The summed E-state index contributed by atoms with van der Waals surface area (Å²) in [5.74, 6) is -0.370. The summed E-state index contributed by atoms with van der Waals surface area (Å²) in [5, 5.41) is 1.28. The number of imide groups is 1. The van der Waals surface area contributed by atoms with E-state index in [0.717, 1.165) is 29.5 Å². The van der Waals surface area contributed by atoms with Crippen LogP contribution in [-0.2, 0) is 0 Å². The average Bonchev–Trinajstić information content (AvgIpc) is 3.13. The molecule has 6 heteroatoms. The first-order valence-corrected chi connectivity index (χ1v) is 9.39. The highest BCUT2D eigenvalue weighted by Gasteiger charge is 2.31. The van der Waals surface area contributed by atoms with Gasteiger partial charge < -0.3 is 9.32 Å². The Morgan fingerprint density at radius 2 is 1.74 bits per heavy atom. The lowest BCUT2D eigenvalue weighted by atomic mass is 10.1. The maximum Gasteiger partial charge on any atom is 0.331 e. The van der Waals surface area contributed by atoms with Crippen LogP contribution in [0.4, 0.5) is 10.5 Å². The highest BCUT2D eigenvalue weighted by atomic mass is 35.5. The minimum atomic E-state index is -0.496. The van der Waals surface area contributed by atoms with Crippen molar-refractivity contribution in [1.29, 1.82) is 0 Å². The molecule has 0 aliphatic carbocycles. The molecule has 1 fully saturated rings. The predicted molar refractivity (Wildman–Crippen MR) is 105 cm³/mol. The van der Waals surface area contributed by atoms with E-state index in [-0.39, 0.29) is 11.8 Å². The van der Waals surface area contributed by atoms with Crippen molar-refractivity contribution in [3.05, 3.63) is 65.4 Å². The van der Waals surface area contributed by atoms with Gasteiger partial charge in [0.1, 0.15) is 5.58 Å². The average molecular weight is 383 g/mol. The van der Waals surface area contributed by atoms with Crippen molar-refractivity contribution in [2.45, 2.75) is 19.3 Å². The summed E-state index contributed by atoms with van der Waals surface area (Å²) in [6.07, 6.45) is 2.97. The number of hydrogen-bond donors (Lipinski definition) is 0. The Kier molecular flexibility index (Phi) is 4.86. The van der Waals surface area contributed by atoms with Crippen molar-refractivity contribution < 1.29 is 14.0 Å². The van der Waals surface area contributed by atoms with Gasteiger partial charge in [-0.05, 0) is 49.6 Å². The second-order valence-electron chi connectivity index (χ2n) is 6.60. The third kappa shape index (κ3) is 3.55. The highest BCUT2D eigenvalue weighted by Crippen LogP contribution is 2.26. The minimum Gasteiger partial charge on any atom is -0.451 e. The fourth-order valence-corrected chi connectivity index (χ4v) is 3.54. The Balaban J connectivity index is 1.74. The number of benzene rings is 2. The Labute approximate surface area is 162 Å². The predicted octanol–water partition coefficient (Wildman–Crippen LogP) is 5.34. The summed E-state index contributed by atoms with van der Waals surface area (Å²) < 4.78 is 5.71. The molecule has 138 valence electrons. The Hall–Kier alpha value is -2.79. The van der Waals surface area contributed by atoms with Gasteiger partial charge in [-0.1, -0.05) is 35.9 Å². The van der Waals surface area contributed by atoms with E-state index < -0.39 is 5.91 Å². The molecule has 3 aromatic rings. The monoisotopic (exact) mass is 382 g/mol. The number of furan rings is 1. The number of piperidine rings is 1. The zero-order valence-corrected chi connectivity index (χ0v) is 15.5. The number of urea groups is 1. The summed E-state index contributed by atoms with van der Waals surface area (Å²) in [5.41, 5.74) is 1.04. The quantitative estimate of drug-likeness (QED) is 0.601. The van der Waals surface area contributed by atoms with E-state index in [1.807, 2.05) is 18.2 Å². The topological polar surface area (TPSA) is 53.8 Å².